The van der Waals surface area contributed by atoms with E-state index in [0.29, 0.717) is 11.7 Å². The van der Waals surface area contributed by atoms with Gasteiger partial charge in [-0.2, -0.15) is 0 Å². The van der Waals surface area contributed by atoms with Crippen molar-refractivity contribution in [2.45, 2.75) is 38.6 Å². The molecule has 2 atom stereocenters. The zero-order chi connectivity index (χ0) is 12.4. The average molecular weight is 257 g/mol. The fraction of sp³-hybridized carbons (Fsp3) is 0.538. The standard InChI is InChI=1S/C13H18ClFN2/c1-8-3-2-4-9(5-8)17-13-6-10(14)11(15)7-12(13)16/h6-9,17H,2-5,16H2,1H3. The monoisotopic (exact) mass is 256 g/mol. The van der Waals surface area contributed by atoms with Crippen LogP contribution in [-0.4, -0.2) is 6.04 Å². The molecule has 94 valence electrons. The summed E-state index contributed by atoms with van der Waals surface area (Å²) >= 11 is 5.76. The first-order valence-electron chi connectivity index (χ1n) is 6.07. The molecule has 1 aromatic rings. The highest BCUT2D eigenvalue weighted by atomic mass is 35.5. The van der Waals surface area contributed by atoms with E-state index in [1.807, 2.05) is 0 Å². The second-order valence-electron chi connectivity index (χ2n) is 4.97. The summed E-state index contributed by atoms with van der Waals surface area (Å²) in [6.45, 7) is 2.26. The van der Waals surface area contributed by atoms with Crippen molar-refractivity contribution in [2.75, 3.05) is 11.1 Å². The zero-order valence-corrected chi connectivity index (χ0v) is 10.7. The van der Waals surface area contributed by atoms with Crippen LogP contribution in [0.15, 0.2) is 12.1 Å². The van der Waals surface area contributed by atoms with Crippen LogP contribution in [0, 0.1) is 11.7 Å². The predicted molar refractivity (Wildman–Crippen MR) is 70.9 cm³/mol. The molecule has 0 aliphatic heterocycles. The van der Waals surface area contributed by atoms with Crippen molar-refractivity contribution in [1.82, 2.24) is 0 Å². The zero-order valence-electron chi connectivity index (χ0n) is 9.97. The summed E-state index contributed by atoms with van der Waals surface area (Å²) in [5, 5.41) is 3.49. The van der Waals surface area contributed by atoms with Gasteiger partial charge in [-0.3, -0.25) is 0 Å². The molecule has 0 saturated heterocycles. The highest BCUT2D eigenvalue weighted by Crippen LogP contribution is 2.30. The Morgan fingerprint density at radius 3 is 2.88 bits per heavy atom. The Labute approximate surface area is 106 Å². The molecular formula is C13H18ClFN2. The molecular weight excluding hydrogens is 239 g/mol. The molecule has 0 radical (unpaired) electrons. The Hall–Kier alpha value is -0.960. The van der Waals surface area contributed by atoms with E-state index < -0.39 is 5.82 Å². The molecule has 4 heteroatoms. The fourth-order valence-corrected chi connectivity index (χ4v) is 2.64. The normalized spacial score (nSPS) is 24.6. The number of anilines is 2. The molecule has 0 spiro atoms. The lowest BCUT2D eigenvalue weighted by Gasteiger charge is -2.28. The second-order valence-corrected chi connectivity index (χ2v) is 5.37. The number of nitrogens with two attached hydrogens (primary N) is 1. The molecule has 1 saturated carbocycles. The minimum Gasteiger partial charge on any atom is -0.397 e. The predicted octanol–water partition coefficient (Wildman–Crippen LogP) is 4.05. The molecule has 1 aliphatic carbocycles. The first-order chi connectivity index (χ1) is 8.06. The van der Waals surface area contributed by atoms with E-state index in [2.05, 4.69) is 12.2 Å². The SMILES string of the molecule is CC1CCCC(Nc2cc(Cl)c(F)cc2N)C1. The van der Waals surface area contributed by atoms with Gasteiger partial charge in [-0.25, -0.2) is 4.39 Å². The molecule has 1 fully saturated rings. The third kappa shape index (κ3) is 3.03. The Kier molecular flexibility index (Phi) is 3.77. The molecule has 0 amide bonds. The van der Waals surface area contributed by atoms with Crippen LogP contribution in [-0.2, 0) is 0 Å². The van der Waals surface area contributed by atoms with E-state index >= 15 is 0 Å². The molecule has 2 unspecified atom stereocenters. The number of hydrogen-bond donors (Lipinski definition) is 2. The molecule has 0 bridgehead atoms. The molecule has 2 nitrogen and oxygen atoms in total. The maximum Gasteiger partial charge on any atom is 0.143 e. The Morgan fingerprint density at radius 2 is 2.18 bits per heavy atom. The van der Waals surface area contributed by atoms with Crippen LogP contribution in [0.4, 0.5) is 15.8 Å². The van der Waals surface area contributed by atoms with Crippen LogP contribution in [0.1, 0.15) is 32.6 Å². The summed E-state index contributed by atoms with van der Waals surface area (Å²) in [5.41, 5.74) is 6.95. The maximum absolute atomic E-state index is 13.2. The first kappa shape index (κ1) is 12.5. The Morgan fingerprint density at radius 1 is 1.41 bits per heavy atom. The van der Waals surface area contributed by atoms with Crippen molar-refractivity contribution >= 4 is 23.0 Å². The van der Waals surface area contributed by atoms with Crippen LogP contribution in [0.25, 0.3) is 0 Å². The van der Waals surface area contributed by atoms with Gasteiger partial charge in [0.1, 0.15) is 5.82 Å². The largest absolute Gasteiger partial charge is 0.397 e. The summed E-state index contributed by atoms with van der Waals surface area (Å²) in [6.07, 6.45) is 4.79. The lowest BCUT2D eigenvalue weighted by Crippen LogP contribution is -2.26. The third-order valence-corrected chi connectivity index (χ3v) is 3.68. The molecule has 0 heterocycles. The lowest BCUT2D eigenvalue weighted by molar-refractivity contribution is 0.359. The maximum atomic E-state index is 13.2. The van der Waals surface area contributed by atoms with Crippen molar-refractivity contribution in [2.24, 2.45) is 5.92 Å². The number of halogens is 2. The number of rotatable bonds is 2. The van der Waals surface area contributed by atoms with Gasteiger partial charge in [-0.1, -0.05) is 31.4 Å². The van der Waals surface area contributed by atoms with Gasteiger partial charge in [0.05, 0.1) is 16.4 Å². The number of nitrogens with one attached hydrogen (secondary N) is 1. The first-order valence-corrected chi connectivity index (χ1v) is 6.45. The van der Waals surface area contributed by atoms with E-state index in [1.54, 1.807) is 6.07 Å². The van der Waals surface area contributed by atoms with Gasteiger partial charge in [0.2, 0.25) is 0 Å². The van der Waals surface area contributed by atoms with Gasteiger partial charge in [0.25, 0.3) is 0 Å². The van der Waals surface area contributed by atoms with Crippen LogP contribution < -0.4 is 11.1 Å². The second kappa shape index (κ2) is 5.13. The van der Waals surface area contributed by atoms with Gasteiger partial charge in [-0.15, -0.1) is 0 Å². The average Bonchev–Trinajstić information content (AvgIpc) is 2.26. The van der Waals surface area contributed by atoms with Gasteiger partial charge in [0.15, 0.2) is 0 Å². The smallest absolute Gasteiger partial charge is 0.143 e. The van der Waals surface area contributed by atoms with Gasteiger partial charge < -0.3 is 11.1 Å². The summed E-state index contributed by atoms with van der Waals surface area (Å²) in [4.78, 5) is 0. The number of benzene rings is 1. The molecule has 1 aliphatic rings. The Balaban J connectivity index is 2.10. The minimum atomic E-state index is -0.466. The highest BCUT2D eigenvalue weighted by molar-refractivity contribution is 6.31. The summed E-state index contributed by atoms with van der Waals surface area (Å²) in [6, 6.07) is 3.27. The molecule has 0 aromatic heterocycles. The topological polar surface area (TPSA) is 38.0 Å². The number of nitrogen functional groups attached to an aromatic ring is 1. The lowest BCUT2D eigenvalue weighted by atomic mass is 9.87. The van der Waals surface area contributed by atoms with Gasteiger partial charge in [0, 0.05) is 12.1 Å². The van der Waals surface area contributed by atoms with E-state index in [9.17, 15) is 4.39 Å². The van der Waals surface area contributed by atoms with E-state index in [0.717, 1.165) is 24.4 Å². The van der Waals surface area contributed by atoms with Gasteiger partial charge in [-0.05, 0) is 24.8 Å². The van der Waals surface area contributed by atoms with E-state index in [4.69, 9.17) is 17.3 Å². The van der Waals surface area contributed by atoms with Gasteiger partial charge >= 0.3 is 0 Å². The molecule has 17 heavy (non-hydrogen) atoms. The van der Waals surface area contributed by atoms with Crippen LogP contribution in [0.3, 0.4) is 0 Å². The van der Waals surface area contributed by atoms with Crippen LogP contribution in [0.2, 0.25) is 5.02 Å². The molecule has 2 rings (SSSR count). The summed E-state index contributed by atoms with van der Waals surface area (Å²) in [5.74, 6) is 0.269. The van der Waals surface area contributed by atoms with Crippen LogP contribution >= 0.6 is 11.6 Å². The highest BCUT2D eigenvalue weighted by Gasteiger charge is 2.19. The van der Waals surface area contributed by atoms with Crippen molar-refractivity contribution in [3.63, 3.8) is 0 Å². The van der Waals surface area contributed by atoms with E-state index in [1.165, 1.54) is 18.9 Å². The van der Waals surface area contributed by atoms with Crippen molar-refractivity contribution in [1.29, 1.82) is 0 Å². The number of hydrogen-bond acceptors (Lipinski definition) is 2. The minimum absolute atomic E-state index is 0.116. The van der Waals surface area contributed by atoms with Crippen molar-refractivity contribution in [3.05, 3.63) is 23.0 Å². The molecule has 1 aromatic carbocycles. The summed E-state index contributed by atoms with van der Waals surface area (Å²) in [7, 11) is 0. The molecule has 3 N–H and O–H groups in total. The fourth-order valence-electron chi connectivity index (χ4n) is 2.47. The van der Waals surface area contributed by atoms with Crippen LogP contribution in [0.5, 0.6) is 0 Å². The summed E-state index contributed by atoms with van der Waals surface area (Å²) < 4.78 is 13.2. The van der Waals surface area contributed by atoms with Crippen molar-refractivity contribution < 1.29 is 4.39 Å². The van der Waals surface area contributed by atoms with E-state index in [-0.39, 0.29) is 5.02 Å². The quantitative estimate of drug-likeness (QED) is 0.784. The third-order valence-electron chi connectivity index (χ3n) is 3.39. The van der Waals surface area contributed by atoms with Crippen molar-refractivity contribution in [3.8, 4) is 0 Å². The Bertz CT molecular complexity index is 409.